The lowest BCUT2D eigenvalue weighted by atomic mass is 9.97. The molecular weight excluding hydrogens is 470 g/mol. The third-order valence-electron chi connectivity index (χ3n) is 6.53. The Labute approximate surface area is 206 Å². The summed E-state index contributed by atoms with van der Waals surface area (Å²) in [6, 6.07) is 6.35. The molecule has 2 aromatic heterocycles. The van der Waals surface area contributed by atoms with Crippen LogP contribution in [-0.2, 0) is 15.2 Å². The Morgan fingerprint density at radius 2 is 2.06 bits per heavy atom. The minimum absolute atomic E-state index is 0.0334. The van der Waals surface area contributed by atoms with Gasteiger partial charge in [0, 0.05) is 23.9 Å². The first kappa shape index (κ1) is 23.5. The van der Waals surface area contributed by atoms with E-state index in [-0.39, 0.29) is 23.7 Å². The molecule has 4 heterocycles. The van der Waals surface area contributed by atoms with Crippen molar-refractivity contribution in [2.45, 2.75) is 50.6 Å². The van der Waals surface area contributed by atoms with Gasteiger partial charge in [0.15, 0.2) is 6.29 Å². The molecule has 7 nitrogen and oxygen atoms in total. The van der Waals surface area contributed by atoms with Crippen molar-refractivity contribution in [3.63, 3.8) is 0 Å². The zero-order chi connectivity index (χ0) is 23.8. The van der Waals surface area contributed by atoms with Crippen LogP contribution in [0, 0.1) is 26.7 Å². The first-order valence-electron chi connectivity index (χ1n) is 11.7. The number of aromatic nitrogens is 2. The summed E-state index contributed by atoms with van der Waals surface area (Å²) in [5.41, 5.74) is 2.93. The molecule has 2 saturated heterocycles. The van der Waals surface area contributed by atoms with Crippen LogP contribution in [0.25, 0.3) is 10.2 Å². The Morgan fingerprint density at radius 1 is 1.26 bits per heavy atom. The number of aromatic amines is 1. The number of thioether (sulfide) groups is 1. The molecule has 0 spiro atoms. The number of likely N-dealkylation sites (tertiary alicyclic amines) is 1. The number of rotatable bonds is 5. The average molecular weight is 500 g/mol. The highest BCUT2D eigenvalue weighted by Gasteiger charge is 2.34. The number of carbonyl (C=O) groups is 1. The van der Waals surface area contributed by atoms with Crippen molar-refractivity contribution in [3.8, 4) is 0 Å². The van der Waals surface area contributed by atoms with Crippen LogP contribution in [0.15, 0.2) is 27.9 Å². The van der Waals surface area contributed by atoms with E-state index >= 15 is 0 Å². The predicted molar refractivity (Wildman–Crippen MR) is 135 cm³/mol. The van der Waals surface area contributed by atoms with Crippen LogP contribution in [0.5, 0.6) is 0 Å². The summed E-state index contributed by atoms with van der Waals surface area (Å²) >= 11 is 2.98. The molecule has 0 aliphatic carbocycles. The van der Waals surface area contributed by atoms with Crippen LogP contribution >= 0.6 is 23.1 Å². The Hall–Kier alpha value is -2.20. The number of amides is 1. The second kappa shape index (κ2) is 9.81. The maximum atomic E-state index is 13.4. The molecule has 34 heavy (non-hydrogen) atoms. The molecule has 0 saturated carbocycles. The highest BCUT2D eigenvalue weighted by Crippen LogP contribution is 2.32. The number of piperidine rings is 1. The largest absolute Gasteiger partial charge is 0.350 e. The molecule has 9 heteroatoms. The third-order valence-corrected chi connectivity index (χ3v) is 8.87. The predicted octanol–water partition coefficient (Wildman–Crippen LogP) is 4.43. The van der Waals surface area contributed by atoms with Gasteiger partial charge in [0.05, 0.1) is 29.2 Å². The van der Waals surface area contributed by atoms with Crippen molar-refractivity contribution >= 4 is 39.2 Å². The van der Waals surface area contributed by atoms with Gasteiger partial charge in [-0.2, -0.15) is 0 Å². The SMILES string of the molecule is Cc1ccc(C)c(SCc2nc3sc(C(=O)N4CCCC(C5OCCO5)C4)c(C)c3c(=O)[nH]2)c1. The Kier molecular flexibility index (Phi) is 6.79. The number of benzene rings is 1. The quantitative estimate of drug-likeness (QED) is 0.523. The Morgan fingerprint density at radius 3 is 2.85 bits per heavy atom. The average Bonchev–Trinajstić information content (AvgIpc) is 3.48. The number of ether oxygens (including phenoxy) is 2. The molecule has 0 bridgehead atoms. The second-order valence-electron chi connectivity index (χ2n) is 9.07. The van der Waals surface area contributed by atoms with Gasteiger partial charge >= 0.3 is 0 Å². The normalized spacial score (nSPS) is 19.3. The lowest BCUT2D eigenvalue weighted by molar-refractivity contribution is -0.0969. The minimum Gasteiger partial charge on any atom is -0.350 e. The number of thiophene rings is 1. The zero-order valence-electron chi connectivity index (χ0n) is 19.7. The minimum atomic E-state index is -0.222. The first-order chi connectivity index (χ1) is 16.4. The van der Waals surface area contributed by atoms with E-state index in [9.17, 15) is 9.59 Å². The van der Waals surface area contributed by atoms with Gasteiger partial charge in [-0.1, -0.05) is 17.7 Å². The first-order valence-corrected chi connectivity index (χ1v) is 13.5. The molecule has 0 radical (unpaired) electrons. The van der Waals surface area contributed by atoms with E-state index in [2.05, 4.69) is 37.0 Å². The van der Waals surface area contributed by atoms with E-state index in [1.807, 2.05) is 11.8 Å². The Balaban J connectivity index is 1.37. The second-order valence-corrected chi connectivity index (χ2v) is 11.1. The number of hydrogen-bond donors (Lipinski definition) is 1. The number of hydrogen-bond acceptors (Lipinski definition) is 7. The van der Waals surface area contributed by atoms with E-state index < -0.39 is 0 Å². The number of nitrogens with one attached hydrogen (secondary N) is 1. The monoisotopic (exact) mass is 499 g/mol. The smallest absolute Gasteiger partial charge is 0.264 e. The Bertz CT molecular complexity index is 1280. The van der Waals surface area contributed by atoms with Gasteiger partial charge in [-0.05, 0) is 50.8 Å². The summed E-state index contributed by atoms with van der Waals surface area (Å²) in [6.45, 7) is 8.54. The van der Waals surface area contributed by atoms with Gasteiger partial charge < -0.3 is 19.4 Å². The third kappa shape index (κ3) is 4.66. The number of carbonyl (C=O) groups excluding carboxylic acids is 1. The standard InChI is InChI=1S/C25H29N3O4S2/c1-14-6-7-15(2)18(11-14)33-13-19-26-22(29)20-16(3)21(34-23(20)27-19)24(30)28-8-4-5-17(12-28)25-31-9-10-32-25/h6-7,11,17,25H,4-5,8-10,12-13H2,1-3H3,(H,26,27,29). The van der Waals surface area contributed by atoms with Crippen molar-refractivity contribution in [2.75, 3.05) is 26.3 Å². The lowest BCUT2D eigenvalue weighted by Gasteiger charge is -2.34. The van der Waals surface area contributed by atoms with E-state index in [0.29, 0.717) is 58.5 Å². The maximum absolute atomic E-state index is 13.4. The van der Waals surface area contributed by atoms with Crippen molar-refractivity contribution in [3.05, 3.63) is 55.9 Å². The van der Waals surface area contributed by atoms with Gasteiger partial charge in [-0.3, -0.25) is 9.59 Å². The van der Waals surface area contributed by atoms with Crippen LogP contribution < -0.4 is 5.56 Å². The highest BCUT2D eigenvalue weighted by atomic mass is 32.2. The van der Waals surface area contributed by atoms with E-state index in [0.717, 1.165) is 12.8 Å². The molecule has 180 valence electrons. The molecular formula is C25H29N3O4S2. The zero-order valence-corrected chi connectivity index (χ0v) is 21.3. The van der Waals surface area contributed by atoms with Crippen molar-refractivity contribution < 1.29 is 14.3 Å². The highest BCUT2D eigenvalue weighted by molar-refractivity contribution is 7.98. The molecule has 2 aliphatic rings. The van der Waals surface area contributed by atoms with Crippen molar-refractivity contribution in [1.82, 2.24) is 14.9 Å². The van der Waals surface area contributed by atoms with Gasteiger partial charge in [0.1, 0.15) is 10.7 Å². The summed E-state index contributed by atoms with van der Waals surface area (Å²) in [6.07, 6.45) is 1.69. The van der Waals surface area contributed by atoms with Crippen LogP contribution in [-0.4, -0.2) is 53.4 Å². The van der Waals surface area contributed by atoms with Gasteiger partial charge in [-0.25, -0.2) is 4.98 Å². The number of H-pyrrole nitrogens is 1. The molecule has 1 unspecified atom stereocenters. The molecule has 1 N–H and O–H groups in total. The topological polar surface area (TPSA) is 84.5 Å². The van der Waals surface area contributed by atoms with Crippen molar-refractivity contribution in [2.24, 2.45) is 5.92 Å². The molecule has 1 amide bonds. The molecule has 1 aromatic carbocycles. The number of aryl methyl sites for hydroxylation is 3. The summed E-state index contributed by atoms with van der Waals surface area (Å²) in [4.78, 5) is 38.3. The van der Waals surface area contributed by atoms with Crippen LogP contribution in [0.4, 0.5) is 0 Å². The lowest BCUT2D eigenvalue weighted by Crippen LogP contribution is -2.43. The molecule has 5 rings (SSSR count). The summed E-state index contributed by atoms with van der Waals surface area (Å²) in [5.74, 6) is 1.33. The number of fused-ring (bicyclic) bond motifs is 1. The van der Waals surface area contributed by atoms with Gasteiger partial charge in [-0.15, -0.1) is 23.1 Å². The van der Waals surface area contributed by atoms with E-state index in [1.165, 1.54) is 27.4 Å². The fraction of sp³-hybridized carbons (Fsp3) is 0.480. The van der Waals surface area contributed by atoms with Crippen molar-refractivity contribution in [1.29, 1.82) is 0 Å². The molecule has 3 aromatic rings. The summed E-state index contributed by atoms with van der Waals surface area (Å²) in [7, 11) is 0. The van der Waals surface area contributed by atoms with Gasteiger partial charge in [0.25, 0.3) is 11.5 Å². The van der Waals surface area contributed by atoms with E-state index in [1.54, 1.807) is 11.8 Å². The molecule has 2 fully saturated rings. The number of nitrogens with zero attached hydrogens (tertiary/aromatic N) is 2. The van der Waals surface area contributed by atoms with E-state index in [4.69, 9.17) is 14.5 Å². The van der Waals surface area contributed by atoms with Crippen LogP contribution in [0.1, 0.15) is 45.0 Å². The summed E-state index contributed by atoms with van der Waals surface area (Å²) in [5, 5.41) is 0.518. The van der Waals surface area contributed by atoms with Gasteiger partial charge in [0.2, 0.25) is 0 Å². The maximum Gasteiger partial charge on any atom is 0.264 e. The summed E-state index contributed by atoms with van der Waals surface area (Å²) < 4.78 is 11.4. The van der Waals surface area contributed by atoms with Crippen LogP contribution in [0.2, 0.25) is 0 Å². The fourth-order valence-electron chi connectivity index (χ4n) is 4.68. The molecule has 1 atom stereocenters. The molecule has 2 aliphatic heterocycles. The fourth-order valence-corrected chi connectivity index (χ4v) is 6.84. The van der Waals surface area contributed by atoms with Crippen LogP contribution in [0.3, 0.4) is 0 Å².